The van der Waals surface area contributed by atoms with Gasteiger partial charge in [-0.25, -0.2) is 9.13 Å². The highest BCUT2D eigenvalue weighted by atomic mass is 31.2. The van der Waals surface area contributed by atoms with Crippen molar-refractivity contribution in [3.63, 3.8) is 0 Å². The Kier molecular flexibility index (Phi) is 69.9. The first-order chi connectivity index (χ1) is 48.7. The highest BCUT2D eigenvalue weighted by Gasteiger charge is 2.30. The van der Waals surface area contributed by atoms with E-state index in [4.69, 9.17) is 37.0 Å². The minimum atomic E-state index is -4.99. The summed E-state index contributed by atoms with van der Waals surface area (Å²) in [6.45, 7) is 4.64. The molecule has 0 amide bonds. The van der Waals surface area contributed by atoms with Crippen molar-refractivity contribution in [3.8, 4) is 0 Å². The van der Waals surface area contributed by atoms with Gasteiger partial charge in [0.05, 0.1) is 26.4 Å². The van der Waals surface area contributed by atoms with E-state index < -0.39 is 97.5 Å². The van der Waals surface area contributed by atoms with Crippen molar-refractivity contribution in [2.45, 2.75) is 341 Å². The number of unbranched alkanes of at least 4 members (excludes halogenated alkanes) is 29. The maximum absolute atomic E-state index is 13.1. The lowest BCUT2D eigenvalue weighted by molar-refractivity contribution is -0.161. The summed E-state index contributed by atoms with van der Waals surface area (Å²) < 4.78 is 68.4. The molecule has 0 heterocycles. The molecule has 0 saturated carbocycles. The molecule has 3 N–H and O–H groups in total. The van der Waals surface area contributed by atoms with Crippen LogP contribution in [0.5, 0.6) is 0 Å². The van der Waals surface area contributed by atoms with Crippen LogP contribution in [0.3, 0.4) is 0 Å². The van der Waals surface area contributed by atoms with Crippen LogP contribution in [-0.4, -0.2) is 96.7 Å². The lowest BCUT2D eigenvalue weighted by Crippen LogP contribution is -2.30. The first-order valence-corrected chi connectivity index (χ1v) is 42.1. The standard InChI is InChI=1S/C81H140O17P2/c1-5-9-13-17-21-25-29-32-35-36-37-38-41-43-47-50-54-58-62-66-79(84)92-72-77(98-81(86)68-64-60-56-52-48-44-40-34-31-27-23-19-15-11-7-3)74-96-100(89,90)94-70-75(82)69-93-99(87,88)95-73-76(97-80(85)67-63-59-55-51-45-28-24-20-16-12-8-4)71-91-78(83)65-61-57-53-49-46-42-39-33-30-26-22-18-14-10-6-2/h11,15,21-23,25-27,32-35,37-40,48,52,75-77,82H,5-10,12-14,16-20,24,28-31,36,41-47,49-51,53-74H2,1-4H3,(H,87,88)(H,89,90)/b15-11-,25-21-,26-22-,27-23-,35-32-,38-37-,39-33-,40-34-,52-48-. The SMILES string of the molecule is CC/C=C\C/C=C\C/C=C\C/C=C\CCCCC(=O)OC(COC(=O)CCCCCCCC/C=C\C/C=C\C/C=C\CCCCC)COP(=O)(O)OCC(O)COP(=O)(O)OCC(COC(=O)CCCCCCC/C=C\C/C=C\CCCCC)OC(=O)CCCCCCCCCCCCC. The molecule has 0 aliphatic carbocycles. The Morgan fingerprint density at radius 2 is 0.520 bits per heavy atom. The quantitative estimate of drug-likeness (QED) is 0.0169. The van der Waals surface area contributed by atoms with Gasteiger partial charge in [-0.3, -0.25) is 37.3 Å². The molecular formula is C81H140O17P2. The van der Waals surface area contributed by atoms with Crippen LogP contribution in [0.4, 0.5) is 0 Å². The number of phosphoric acid groups is 2. The zero-order chi connectivity index (χ0) is 73.2. The predicted molar refractivity (Wildman–Crippen MR) is 408 cm³/mol. The third kappa shape index (κ3) is 72.1. The fourth-order valence-electron chi connectivity index (χ4n) is 10.2. The number of allylic oxidation sites excluding steroid dienone is 18. The minimum absolute atomic E-state index is 0.0385. The van der Waals surface area contributed by atoms with Gasteiger partial charge in [0.1, 0.15) is 19.3 Å². The van der Waals surface area contributed by atoms with Gasteiger partial charge >= 0.3 is 39.5 Å². The van der Waals surface area contributed by atoms with Gasteiger partial charge in [-0.05, 0) is 135 Å². The van der Waals surface area contributed by atoms with Crippen LogP contribution in [-0.2, 0) is 65.4 Å². The number of hydrogen-bond acceptors (Lipinski definition) is 15. The van der Waals surface area contributed by atoms with Crippen LogP contribution in [0.2, 0.25) is 0 Å². The fraction of sp³-hybridized carbons (Fsp3) is 0.728. The average molecular weight is 1450 g/mol. The maximum atomic E-state index is 13.1. The maximum Gasteiger partial charge on any atom is 0.472 e. The van der Waals surface area contributed by atoms with E-state index in [1.807, 2.05) is 0 Å². The fourth-order valence-corrected chi connectivity index (χ4v) is 11.8. The number of carbonyl (C=O) groups excluding carboxylic acids is 4. The number of hydrogen-bond donors (Lipinski definition) is 3. The second kappa shape index (κ2) is 73.0. The predicted octanol–water partition coefficient (Wildman–Crippen LogP) is 22.6. The Labute approximate surface area is 607 Å². The zero-order valence-corrected chi connectivity index (χ0v) is 64.6. The molecule has 100 heavy (non-hydrogen) atoms. The van der Waals surface area contributed by atoms with Gasteiger partial charge in [-0.1, -0.05) is 272 Å². The summed E-state index contributed by atoms with van der Waals surface area (Å²) in [5.74, 6) is -2.24. The van der Waals surface area contributed by atoms with Gasteiger partial charge in [0.2, 0.25) is 0 Å². The second-order valence-corrected chi connectivity index (χ2v) is 28.8. The minimum Gasteiger partial charge on any atom is -0.462 e. The number of carbonyl (C=O) groups is 4. The highest BCUT2D eigenvalue weighted by molar-refractivity contribution is 7.47. The lowest BCUT2D eigenvalue weighted by Gasteiger charge is -2.21. The van der Waals surface area contributed by atoms with Crippen LogP contribution in [0, 0.1) is 0 Å². The molecule has 0 fully saturated rings. The smallest absolute Gasteiger partial charge is 0.462 e. The summed E-state index contributed by atoms with van der Waals surface area (Å²) in [4.78, 5) is 72.9. The molecule has 17 nitrogen and oxygen atoms in total. The van der Waals surface area contributed by atoms with Crippen molar-refractivity contribution in [3.05, 3.63) is 109 Å². The van der Waals surface area contributed by atoms with E-state index in [0.29, 0.717) is 32.1 Å². The van der Waals surface area contributed by atoms with Crippen LogP contribution < -0.4 is 0 Å². The first-order valence-electron chi connectivity index (χ1n) is 39.1. The van der Waals surface area contributed by atoms with E-state index in [9.17, 15) is 43.2 Å². The molecule has 0 aromatic rings. The normalized spacial score (nSPS) is 14.5. The second-order valence-electron chi connectivity index (χ2n) is 25.9. The van der Waals surface area contributed by atoms with E-state index in [-0.39, 0.29) is 25.7 Å². The molecule has 0 aliphatic heterocycles. The zero-order valence-electron chi connectivity index (χ0n) is 62.8. The molecule has 0 aromatic heterocycles. The monoisotopic (exact) mass is 1450 g/mol. The van der Waals surface area contributed by atoms with Gasteiger partial charge in [0.25, 0.3) is 0 Å². The van der Waals surface area contributed by atoms with Crippen molar-refractivity contribution >= 4 is 39.5 Å². The van der Waals surface area contributed by atoms with E-state index in [2.05, 4.69) is 137 Å². The highest BCUT2D eigenvalue weighted by Crippen LogP contribution is 2.45. The largest absolute Gasteiger partial charge is 0.472 e. The molecular weight excluding hydrogens is 1310 g/mol. The Balaban J connectivity index is 5.37. The number of aliphatic hydroxyl groups excluding tert-OH is 1. The summed E-state index contributed by atoms with van der Waals surface area (Å²) in [6.07, 6.45) is 77.9. The summed E-state index contributed by atoms with van der Waals surface area (Å²) in [5, 5.41) is 10.6. The molecule has 0 aliphatic rings. The summed E-state index contributed by atoms with van der Waals surface area (Å²) in [6, 6.07) is 0. The van der Waals surface area contributed by atoms with Gasteiger partial charge in [0.15, 0.2) is 12.2 Å². The molecule has 0 rings (SSSR count). The Morgan fingerprint density at radius 1 is 0.290 bits per heavy atom. The average Bonchev–Trinajstić information content (AvgIpc) is 0.926. The Bertz CT molecular complexity index is 2320. The van der Waals surface area contributed by atoms with E-state index >= 15 is 0 Å². The number of phosphoric ester groups is 2. The molecule has 5 atom stereocenters. The topological polar surface area (TPSA) is 237 Å². The lowest BCUT2D eigenvalue weighted by atomic mass is 10.1. The van der Waals surface area contributed by atoms with Crippen molar-refractivity contribution in [2.75, 3.05) is 39.6 Å². The third-order valence-electron chi connectivity index (χ3n) is 16.2. The molecule has 0 spiro atoms. The number of aliphatic hydroxyl groups is 1. The molecule has 5 unspecified atom stereocenters. The Hall–Kier alpha value is -4.28. The molecule has 0 radical (unpaired) electrons. The van der Waals surface area contributed by atoms with E-state index in [1.54, 1.807) is 0 Å². The van der Waals surface area contributed by atoms with Crippen LogP contribution in [0.15, 0.2) is 109 Å². The number of rotatable bonds is 73. The molecule has 0 aromatic carbocycles. The number of esters is 4. The molecule has 0 bridgehead atoms. The van der Waals surface area contributed by atoms with Crippen molar-refractivity contribution in [2.24, 2.45) is 0 Å². The van der Waals surface area contributed by atoms with Crippen LogP contribution in [0.1, 0.15) is 323 Å². The van der Waals surface area contributed by atoms with Crippen molar-refractivity contribution < 1.29 is 80.2 Å². The van der Waals surface area contributed by atoms with Crippen LogP contribution in [0.25, 0.3) is 0 Å². The van der Waals surface area contributed by atoms with E-state index in [1.165, 1.54) is 77.0 Å². The summed E-state index contributed by atoms with van der Waals surface area (Å²) in [5.41, 5.74) is 0. The number of ether oxygens (including phenoxy) is 4. The summed E-state index contributed by atoms with van der Waals surface area (Å²) >= 11 is 0. The molecule has 576 valence electrons. The first kappa shape index (κ1) is 95.7. The van der Waals surface area contributed by atoms with Gasteiger partial charge in [-0.2, -0.15) is 0 Å². The molecule has 0 saturated heterocycles. The molecule has 19 heteroatoms. The van der Waals surface area contributed by atoms with Crippen LogP contribution >= 0.6 is 15.6 Å². The van der Waals surface area contributed by atoms with E-state index in [0.717, 1.165) is 161 Å². The van der Waals surface area contributed by atoms with Crippen molar-refractivity contribution in [1.82, 2.24) is 0 Å². The third-order valence-corrected chi connectivity index (χ3v) is 18.1. The Morgan fingerprint density at radius 3 is 0.840 bits per heavy atom. The van der Waals surface area contributed by atoms with Gasteiger partial charge in [0, 0.05) is 25.7 Å². The summed E-state index contributed by atoms with van der Waals surface area (Å²) in [7, 11) is -9.97. The van der Waals surface area contributed by atoms with Gasteiger partial charge in [-0.15, -0.1) is 0 Å². The van der Waals surface area contributed by atoms with Crippen molar-refractivity contribution in [1.29, 1.82) is 0 Å². The van der Waals surface area contributed by atoms with Gasteiger partial charge < -0.3 is 33.8 Å².